The number of hydrogen-bond donors (Lipinski definition) is 1. The third kappa shape index (κ3) is 10.1. The predicted molar refractivity (Wildman–Crippen MR) is 130 cm³/mol. The summed E-state index contributed by atoms with van der Waals surface area (Å²) in [7, 11) is -4.97. The van der Waals surface area contributed by atoms with Gasteiger partial charge in [-0.25, -0.2) is 13.2 Å². The smallest absolute Gasteiger partial charge is 0.347 e. The van der Waals surface area contributed by atoms with Crippen molar-refractivity contribution in [1.29, 1.82) is 0 Å². The lowest BCUT2D eigenvalue weighted by molar-refractivity contribution is -0.929. The number of amides is 3. The van der Waals surface area contributed by atoms with Crippen LogP contribution in [0.2, 0.25) is 0 Å². The number of hydrogen-bond acceptors (Lipinski definition) is 6. The highest BCUT2D eigenvalue weighted by Gasteiger charge is 2.46. The second kappa shape index (κ2) is 15.5. The molecule has 2 aliphatic heterocycles. The molecule has 0 saturated carbocycles. The van der Waals surface area contributed by atoms with E-state index in [4.69, 9.17) is 0 Å². The lowest BCUT2D eigenvalue weighted by atomic mass is 10.1. The number of piperidine rings is 1. The molecule has 2 rings (SSSR count). The lowest BCUT2D eigenvalue weighted by Crippen LogP contribution is -2.50. The van der Waals surface area contributed by atoms with Crippen molar-refractivity contribution in [2.75, 3.05) is 32.7 Å². The van der Waals surface area contributed by atoms with Gasteiger partial charge in [0.2, 0.25) is 16.8 Å². The Kier molecular flexibility index (Phi) is 14.0. The third-order valence-corrected chi connectivity index (χ3v) is 7.04. The van der Waals surface area contributed by atoms with Gasteiger partial charge in [0.1, 0.15) is 6.17 Å². The number of quaternary nitrogens is 1. The van der Waals surface area contributed by atoms with Crippen LogP contribution in [-0.4, -0.2) is 84.8 Å². The molecule has 2 atom stereocenters. The van der Waals surface area contributed by atoms with Crippen LogP contribution >= 0.6 is 0 Å². The largest absolute Gasteiger partial charge is 0.724 e. The van der Waals surface area contributed by atoms with Gasteiger partial charge in [0, 0.05) is 6.54 Å². The Balaban J connectivity index is 0.000000340. The summed E-state index contributed by atoms with van der Waals surface area (Å²) < 4.78 is 36.9. The molecular weight excluding hydrogens is 460 g/mol. The topological polar surface area (TPSA) is 119 Å². The maximum absolute atomic E-state index is 11.7. The number of hydroxylamine groups is 2. The summed E-state index contributed by atoms with van der Waals surface area (Å²) in [5.74, 6) is 0. The molecule has 0 unspecified atom stereocenters. The highest BCUT2D eigenvalue weighted by atomic mass is 32.3. The van der Waals surface area contributed by atoms with Gasteiger partial charge < -0.3 is 19.3 Å². The quantitative estimate of drug-likeness (QED) is 0.148. The summed E-state index contributed by atoms with van der Waals surface area (Å²) >= 11 is 0. The Hall–Kier alpha value is -1.43. The molecule has 0 aliphatic carbocycles. The van der Waals surface area contributed by atoms with E-state index in [0.29, 0.717) is 24.3 Å². The van der Waals surface area contributed by atoms with Gasteiger partial charge in [0.25, 0.3) is 0 Å². The maximum Gasteiger partial charge on any atom is 0.347 e. The van der Waals surface area contributed by atoms with Gasteiger partial charge in [-0.05, 0) is 38.5 Å². The molecule has 1 N–H and O–H groups in total. The van der Waals surface area contributed by atoms with Crippen molar-refractivity contribution in [2.24, 2.45) is 0 Å². The van der Waals surface area contributed by atoms with Crippen LogP contribution in [0.5, 0.6) is 0 Å². The van der Waals surface area contributed by atoms with Crippen LogP contribution in [0.15, 0.2) is 0 Å². The molecule has 0 radical (unpaired) electrons. The fraction of sp³-hybridized carbons (Fsp3) is 0.913. The third-order valence-electron chi connectivity index (χ3n) is 6.70. The predicted octanol–water partition coefficient (Wildman–Crippen LogP) is 3.35. The van der Waals surface area contributed by atoms with E-state index in [0.717, 1.165) is 0 Å². The number of urea groups is 1. The lowest BCUT2D eigenvalue weighted by Gasteiger charge is -2.39. The van der Waals surface area contributed by atoms with Gasteiger partial charge in [0.15, 0.2) is 0 Å². The van der Waals surface area contributed by atoms with E-state index in [1.807, 2.05) is 0 Å². The normalized spacial score (nSPS) is 20.2. The van der Waals surface area contributed by atoms with Gasteiger partial charge >= 0.3 is 6.03 Å². The van der Waals surface area contributed by atoms with Gasteiger partial charge in [-0.2, -0.15) is 9.35 Å². The number of carbonyl (C=O) groups is 2. The Morgan fingerprint density at radius 3 is 1.82 bits per heavy atom. The zero-order chi connectivity index (χ0) is 25.6. The standard InChI is InChI=1S/C16H36N.C7H11N3O6S/c1-5-9-13-17(14-10-6-2,15-11-7-3)16-12-8-4;11-4-8-6-2-1-5-3-9(6)7(12)10(5)16-17(13,14)15/h5-16H2,1-4H3;4-6H,1-3H2,(H,8,11)(H,13,14,15)/q+1;/p-1/t;5-,6+/m.1/s1. The number of nitrogens with zero attached hydrogens (tertiary/aromatic N) is 3. The van der Waals surface area contributed by atoms with Gasteiger partial charge in [-0.15, -0.1) is 0 Å². The number of fused-ring (bicyclic) bond motifs is 2. The van der Waals surface area contributed by atoms with Crippen LogP contribution in [0.25, 0.3) is 0 Å². The Bertz CT molecular complexity index is 668. The summed E-state index contributed by atoms with van der Waals surface area (Å²) in [5, 5.41) is 3.00. The first-order chi connectivity index (χ1) is 16.2. The zero-order valence-corrected chi connectivity index (χ0v) is 22.4. The Labute approximate surface area is 206 Å². The second-order valence-electron chi connectivity index (χ2n) is 9.43. The van der Waals surface area contributed by atoms with Crippen molar-refractivity contribution in [3.8, 4) is 0 Å². The first-order valence-electron chi connectivity index (χ1n) is 13.0. The van der Waals surface area contributed by atoms with Crippen LogP contribution in [0.4, 0.5) is 4.79 Å². The molecule has 0 aromatic rings. The summed E-state index contributed by atoms with van der Waals surface area (Å²) in [6, 6.07) is -1.21. The SMILES string of the molecule is CCCC[N+](CCCC)(CCCC)CCCC.O=CN[C@@H]1CC[C@@H]2CN1C(=O)N2OS(=O)(=O)[O-]. The van der Waals surface area contributed by atoms with E-state index in [2.05, 4.69) is 37.3 Å². The minimum Gasteiger partial charge on any atom is -0.724 e. The maximum atomic E-state index is 11.7. The molecular formula is C23H46N4O6S. The van der Waals surface area contributed by atoms with Crippen molar-refractivity contribution < 1.29 is 31.3 Å². The molecule has 2 bridgehead atoms. The molecule has 2 fully saturated rings. The van der Waals surface area contributed by atoms with Crippen LogP contribution in [0, 0.1) is 0 Å². The second-order valence-corrected chi connectivity index (χ2v) is 10.4. The van der Waals surface area contributed by atoms with Crippen molar-refractivity contribution in [1.82, 2.24) is 15.3 Å². The first kappa shape index (κ1) is 30.6. The average molecular weight is 507 g/mol. The minimum atomic E-state index is -4.97. The molecule has 10 nitrogen and oxygen atoms in total. The highest BCUT2D eigenvalue weighted by Crippen LogP contribution is 2.29. The summed E-state index contributed by atoms with van der Waals surface area (Å²) in [4.78, 5) is 23.3. The van der Waals surface area contributed by atoms with Crippen LogP contribution < -0.4 is 5.32 Å². The van der Waals surface area contributed by atoms with E-state index in [-0.39, 0.29) is 6.54 Å². The van der Waals surface area contributed by atoms with E-state index in [9.17, 15) is 22.6 Å². The molecule has 2 heterocycles. The summed E-state index contributed by atoms with van der Waals surface area (Å²) in [6.07, 6.45) is 12.0. The van der Waals surface area contributed by atoms with E-state index in [1.165, 1.54) is 86.9 Å². The van der Waals surface area contributed by atoms with Gasteiger partial charge in [0.05, 0.1) is 32.2 Å². The van der Waals surface area contributed by atoms with Crippen LogP contribution in [0.1, 0.15) is 91.9 Å². The number of nitrogens with one attached hydrogen (secondary N) is 1. The number of carbonyl (C=O) groups excluding carboxylic acids is 2. The molecule has 200 valence electrons. The molecule has 11 heteroatoms. The van der Waals surface area contributed by atoms with Crippen LogP contribution in [0.3, 0.4) is 0 Å². The zero-order valence-electron chi connectivity index (χ0n) is 21.5. The van der Waals surface area contributed by atoms with Crippen molar-refractivity contribution in [2.45, 2.75) is 104 Å². The molecule has 2 aliphatic rings. The molecule has 34 heavy (non-hydrogen) atoms. The Morgan fingerprint density at radius 1 is 0.971 bits per heavy atom. The van der Waals surface area contributed by atoms with E-state index >= 15 is 0 Å². The fourth-order valence-electron chi connectivity index (χ4n) is 4.73. The first-order valence-corrected chi connectivity index (χ1v) is 14.3. The van der Waals surface area contributed by atoms with Gasteiger partial charge in [-0.1, -0.05) is 53.4 Å². The van der Waals surface area contributed by atoms with Crippen molar-refractivity contribution in [3.63, 3.8) is 0 Å². The number of rotatable bonds is 16. The van der Waals surface area contributed by atoms with Crippen molar-refractivity contribution in [3.05, 3.63) is 0 Å². The molecule has 0 aromatic carbocycles. The minimum absolute atomic E-state index is 0.222. The molecule has 0 aromatic heterocycles. The molecule has 2 saturated heterocycles. The summed E-state index contributed by atoms with van der Waals surface area (Å²) in [5.41, 5.74) is 0. The monoisotopic (exact) mass is 506 g/mol. The van der Waals surface area contributed by atoms with Gasteiger partial charge in [-0.3, -0.25) is 4.79 Å². The van der Waals surface area contributed by atoms with Crippen LogP contribution in [-0.2, 0) is 19.5 Å². The van der Waals surface area contributed by atoms with E-state index in [1.54, 1.807) is 0 Å². The molecule has 3 amide bonds. The summed E-state index contributed by atoms with van der Waals surface area (Å²) in [6.45, 7) is 15.2. The van der Waals surface area contributed by atoms with E-state index < -0.39 is 28.6 Å². The average Bonchev–Trinajstić information content (AvgIpc) is 3.04. The van der Waals surface area contributed by atoms with Crippen molar-refractivity contribution >= 4 is 22.8 Å². The molecule has 0 spiro atoms. The Morgan fingerprint density at radius 2 is 1.44 bits per heavy atom. The highest BCUT2D eigenvalue weighted by molar-refractivity contribution is 7.80. The fourth-order valence-corrected chi connectivity index (χ4v) is 5.11. The number of unbranched alkanes of at least 4 members (excludes halogenated alkanes) is 4.